The molecule has 0 bridgehead atoms. The van der Waals surface area contributed by atoms with E-state index in [-0.39, 0.29) is 5.69 Å². The minimum absolute atomic E-state index is 0.0277. The largest absolute Gasteiger partial charge is 0.333 e. The Morgan fingerprint density at radius 2 is 1.50 bits per heavy atom. The molecule has 0 saturated carbocycles. The topological polar surface area (TPSA) is 50.8 Å². The lowest BCUT2D eigenvalue weighted by molar-refractivity contribution is 0.672. The molecule has 4 heteroatoms. The normalized spacial score (nSPS) is 11.5. The van der Waals surface area contributed by atoms with Crippen molar-refractivity contribution in [3.05, 3.63) is 111 Å². The average molecular weight is 508 g/mol. The van der Waals surface area contributed by atoms with Crippen molar-refractivity contribution in [1.82, 2.24) is 9.13 Å². The number of aryl methyl sites for hydroxylation is 1. The zero-order chi connectivity index (χ0) is 27.4. The van der Waals surface area contributed by atoms with Crippen LogP contribution in [0.5, 0.6) is 0 Å². The van der Waals surface area contributed by atoms with Gasteiger partial charge in [-0.05, 0) is 59.4 Å². The molecule has 4 nitrogen and oxygen atoms in total. The van der Waals surface area contributed by atoms with Gasteiger partial charge in [-0.1, -0.05) is 108 Å². The zero-order valence-electron chi connectivity index (χ0n) is 23.7. The van der Waals surface area contributed by atoms with Crippen molar-refractivity contribution in [3.8, 4) is 16.8 Å². The molecule has 0 radical (unpaired) electrons. The Labute approximate surface area is 227 Å². The molecule has 4 aromatic rings. The monoisotopic (exact) mass is 507 g/mol. The van der Waals surface area contributed by atoms with Crippen molar-refractivity contribution < 1.29 is 0 Å². The molecule has 4 rings (SSSR count). The summed E-state index contributed by atoms with van der Waals surface area (Å²) in [6.45, 7) is 13.3. The Hall–Kier alpha value is -3.66. The minimum atomic E-state index is 0.0277. The number of para-hydroxylation sites is 1. The van der Waals surface area contributed by atoms with Crippen LogP contribution in [-0.4, -0.2) is 14.8 Å². The molecule has 0 fully saturated rings. The smallest absolute Gasteiger partial charge is 0.305 e. The molecule has 0 unspecified atom stereocenters. The second-order valence-electron chi connectivity index (χ2n) is 10.9. The molecule has 0 aliphatic heterocycles. The number of nitrogens with one attached hydrogen (secondary N) is 1. The van der Waals surface area contributed by atoms with E-state index in [1.165, 1.54) is 11.1 Å². The molecule has 0 spiro atoms. The molecule has 1 aromatic heterocycles. The summed E-state index contributed by atoms with van der Waals surface area (Å²) in [6.07, 6.45) is 5.09. The maximum Gasteiger partial charge on any atom is 0.333 e. The number of rotatable bonds is 10. The van der Waals surface area contributed by atoms with Gasteiger partial charge in [0.1, 0.15) is 0 Å². The molecular formula is C34H41N3O. The highest BCUT2D eigenvalue weighted by Crippen LogP contribution is 2.31. The van der Waals surface area contributed by atoms with Crippen LogP contribution in [0.3, 0.4) is 0 Å². The lowest BCUT2D eigenvalue weighted by Crippen LogP contribution is -2.26. The van der Waals surface area contributed by atoms with Crippen LogP contribution in [0.4, 0.5) is 0 Å². The van der Waals surface area contributed by atoms with Gasteiger partial charge in [0.05, 0.1) is 12.2 Å². The van der Waals surface area contributed by atoms with E-state index in [0.717, 1.165) is 52.9 Å². The number of hydrogen-bond acceptors (Lipinski definition) is 2. The Kier molecular flexibility index (Phi) is 8.51. The fourth-order valence-corrected chi connectivity index (χ4v) is 5.24. The molecule has 1 N–H and O–H groups in total. The first-order chi connectivity index (χ1) is 18.2. The highest BCUT2D eigenvalue weighted by atomic mass is 16.1. The maximum atomic E-state index is 14.0. The van der Waals surface area contributed by atoms with Gasteiger partial charge in [0.2, 0.25) is 0 Å². The Bertz CT molecular complexity index is 1440. The highest BCUT2D eigenvalue weighted by molar-refractivity contribution is 6.02. The first-order valence-corrected chi connectivity index (χ1v) is 13.9. The lowest BCUT2D eigenvalue weighted by atomic mass is 9.92. The summed E-state index contributed by atoms with van der Waals surface area (Å²) >= 11 is 0. The predicted octanol–water partition coefficient (Wildman–Crippen LogP) is 8.33. The van der Waals surface area contributed by atoms with Gasteiger partial charge in [0.25, 0.3) is 0 Å². The van der Waals surface area contributed by atoms with Gasteiger partial charge in [0, 0.05) is 23.2 Å². The van der Waals surface area contributed by atoms with Crippen molar-refractivity contribution in [2.24, 2.45) is 0 Å². The van der Waals surface area contributed by atoms with Crippen LogP contribution in [0.15, 0.2) is 77.7 Å². The van der Waals surface area contributed by atoms with E-state index in [1.54, 1.807) is 0 Å². The van der Waals surface area contributed by atoms with Crippen LogP contribution in [0.2, 0.25) is 0 Å². The van der Waals surface area contributed by atoms with Crippen LogP contribution in [0, 0.1) is 5.41 Å². The summed E-state index contributed by atoms with van der Waals surface area (Å²) in [6, 6.07) is 22.9. The molecule has 38 heavy (non-hydrogen) atoms. The van der Waals surface area contributed by atoms with E-state index >= 15 is 0 Å². The number of hydrogen-bond donors (Lipinski definition) is 1. The van der Waals surface area contributed by atoms with Crippen molar-refractivity contribution in [2.75, 3.05) is 0 Å². The van der Waals surface area contributed by atoms with E-state index in [9.17, 15) is 4.79 Å². The standard InChI is InChI=1S/C34H41N3O/c1-7-8-12-28-22-37(33-29(23(2)3)15-11-16-30(33)24(4)5)34(38)36(28)21-26-17-19-27(20-18-26)32-14-10-9-13-31(32)25(6)35/h9-11,13-20,22-24,35H,7-8,12,21H2,1-6H3. The molecule has 0 aliphatic rings. The second-order valence-corrected chi connectivity index (χ2v) is 10.9. The molecule has 0 aliphatic carbocycles. The minimum Gasteiger partial charge on any atom is -0.305 e. The summed E-state index contributed by atoms with van der Waals surface area (Å²) < 4.78 is 3.87. The molecule has 0 amide bonds. The van der Waals surface area contributed by atoms with Crippen LogP contribution < -0.4 is 5.69 Å². The zero-order valence-corrected chi connectivity index (χ0v) is 23.7. The van der Waals surface area contributed by atoms with E-state index in [2.05, 4.69) is 89.3 Å². The van der Waals surface area contributed by atoms with Crippen LogP contribution >= 0.6 is 0 Å². The Balaban J connectivity index is 1.77. The number of imidazole rings is 1. The number of unbranched alkanes of at least 4 members (excludes halogenated alkanes) is 1. The molecule has 0 atom stereocenters. The third-order valence-corrected chi connectivity index (χ3v) is 7.37. The Morgan fingerprint density at radius 1 is 0.868 bits per heavy atom. The summed E-state index contributed by atoms with van der Waals surface area (Å²) in [7, 11) is 0. The van der Waals surface area contributed by atoms with Gasteiger partial charge < -0.3 is 5.41 Å². The highest BCUT2D eigenvalue weighted by Gasteiger charge is 2.20. The molecule has 198 valence electrons. The van der Waals surface area contributed by atoms with Gasteiger partial charge in [-0.25, -0.2) is 4.79 Å². The number of benzene rings is 3. The Morgan fingerprint density at radius 3 is 2.08 bits per heavy atom. The summed E-state index contributed by atoms with van der Waals surface area (Å²) in [5.41, 5.74) is 9.32. The van der Waals surface area contributed by atoms with Crippen molar-refractivity contribution >= 4 is 5.71 Å². The lowest BCUT2D eigenvalue weighted by Gasteiger charge is -2.19. The second kappa shape index (κ2) is 11.8. The van der Waals surface area contributed by atoms with Crippen molar-refractivity contribution in [1.29, 1.82) is 5.41 Å². The van der Waals surface area contributed by atoms with Gasteiger partial charge >= 0.3 is 5.69 Å². The van der Waals surface area contributed by atoms with Crippen molar-refractivity contribution in [2.45, 2.75) is 79.2 Å². The fraction of sp³-hybridized carbons (Fsp3) is 0.353. The van der Waals surface area contributed by atoms with Crippen molar-refractivity contribution in [3.63, 3.8) is 0 Å². The molecular weight excluding hydrogens is 466 g/mol. The summed E-state index contributed by atoms with van der Waals surface area (Å²) in [4.78, 5) is 14.0. The molecule has 1 heterocycles. The van der Waals surface area contributed by atoms with Crippen LogP contribution in [0.1, 0.15) is 94.2 Å². The average Bonchev–Trinajstić information content (AvgIpc) is 3.21. The molecule has 0 saturated heterocycles. The van der Waals surface area contributed by atoms with Gasteiger partial charge in [-0.3, -0.25) is 9.13 Å². The third kappa shape index (κ3) is 5.60. The molecule has 3 aromatic carbocycles. The maximum absolute atomic E-state index is 14.0. The summed E-state index contributed by atoms with van der Waals surface area (Å²) in [5.74, 6) is 0.635. The predicted molar refractivity (Wildman–Crippen MR) is 160 cm³/mol. The number of nitrogens with zero attached hydrogens (tertiary/aromatic N) is 2. The first kappa shape index (κ1) is 27.4. The van der Waals surface area contributed by atoms with E-state index in [0.29, 0.717) is 24.1 Å². The van der Waals surface area contributed by atoms with Gasteiger partial charge in [0.15, 0.2) is 0 Å². The SMILES string of the molecule is CCCCc1cn(-c2c(C(C)C)cccc2C(C)C)c(=O)n1Cc1ccc(-c2ccccc2C(C)=N)cc1. The fourth-order valence-electron chi connectivity index (χ4n) is 5.24. The van der Waals surface area contributed by atoms with E-state index in [4.69, 9.17) is 5.41 Å². The summed E-state index contributed by atoms with van der Waals surface area (Å²) in [5, 5.41) is 8.13. The van der Waals surface area contributed by atoms with Gasteiger partial charge in [-0.15, -0.1) is 0 Å². The quantitative estimate of drug-likeness (QED) is 0.216. The number of aromatic nitrogens is 2. The van der Waals surface area contributed by atoms with E-state index < -0.39 is 0 Å². The van der Waals surface area contributed by atoms with E-state index in [1.807, 2.05) is 34.3 Å². The van der Waals surface area contributed by atoms with Gasteiger partial charge in [-0.2, -0.15) is 0 Å². The van der Waals surface area contributed by atoms with Crippen LogP contribution in [-0.2, 0) is 13.0 Å². The van der Waals surface area contributed by atoms with Crippen LogP contribution in [0.25, 0.3) is 16.8 Å². The first-order valence-electron chi connectivity index (χ1n) is 13.9. The third-order valence-electron chi connectivity index (χ3n) is 7.37.